The number of carbonyl (C=O) groups is 1. The predicted molar refractivity (Wildman–Crippen MR) is 130 cm³/mol. The Kier molecular flexibility index (Phi) is 8.99. The molecule has 0 heterocycles. The van der Waals surface area contributed by atoms with Crippen LogP contribution >= 0.6 is 22.6 Å². The number of methoxy groups -OCH3 is 1. The fourth-order valence-corrected chi connectivity index (χ4v) is 4.51. The van der Waals surface area contributed by atoms with Crippen molar-refractivity contribution in [2.45, 2.75) is 44.9 Å². The second-order valence-corrected chi connectivity index (χ2v) is 8.72. The van der Waals surface area contributed by atoms with Crippen molar-refractivity contribution in [3.05, 3.63) is 51.1 Å². The molecule has 0 radical (unpaired) electrons. The number of amides is 1. The molecule has 0 unspecified atom stereocenters. The highest BCUT2D eigenvalue weighted by molar-refractivity contribution is 14.1. The van der Waals surface area contributed by atoms with Crippen LogP contribution in [0.15, 0.2) is 41.5 Å². The van der Waals surface area contributed by atoms with Gasteiger partial charge in [-0.25, -0.2) is 5.43 Å². The highest BCUT2D eigenvalue weighted by Gasteiger charge is 2.15. The molecule has 0 aromatic heterocycles. The maximum absolute atomic E-state index is 10.9. The van der Waals surface area contributed by atoms with Gasteiger partial charge < -0.3 is 14.2 Å². The summed E-state index contributed by atoms with van der Waals surface area (Å²) >= 11 is 2.19. The third-order valence-electron chi connectivity index (χ3n) is 5.24. The molecule has 3 rings (SSSR count). The third-order valence-corrected chi connectivity index (χ3v) is 6.04. The first-order valence-corrected chi connectivity index (χ1v) is 11.7. The van der Waals surface area contributed by atoms with E-state index in [0.29, 0.717) is 30.6 Å². The Bertz CT molecular complexity index is 893. The van der Waals surface area contributed by atoms with Crippen LogP contribution in [-0.4, -0.2) is 32.4 Å². The molecule has 31 heavy (non-hydrogen) atoms. The van der Waals surface area contributed by atoms with Gasteiger partial charge in [-0.3, -0.25) is 4.79 Å². The number of hydrogen-bond acceptors (Lipinski definition) is 5. The van der Waals surface area contributed by atoms with Crippen LogP contribution in [0.4, 0.5) is 0 Å². The fraction of sp³-hybridized carbons (Fsp3) is 0.417. The van der Waals surface area contributed by atoms with Crippen molar-refractivity contribution in [3.63, 3.8) is 0 Å². The molecule has 1 saturated carbocycles. The molecule has 0 aliphatic heterocycles. The Hall–Kier alpha value is -2.29. The van der Waals surface area contributed by atoms with Gasteiger partial charge in [0.2, 0.25) is 5.91 Å². The van der Waals surface area contributed by atoms with Crippen LogP contribution < -0.4 is 19.6 Å². The lowest BCUT2D eigenvalue weighted by molar-refractivity contribution is -0.118. The number of halogens is 1. The lowest BCUT2D eigenvalue weighted by Gasteiger charge is -2.22. The van der Waals surface area contributed by atoms with Crippen molar-refractivity contribution in [2.24, 2.45) is 5.10 Å². The van der Waals surface area contributed by atoms with E-state index in [4.69, 9.17) is 14.2 Å². The highest BCUT2D eigenvalue weighted by atomic mass is 127. The number of hydrogen-bond donors (Lipinski definition) is 1. The van der Waals surface area contributed by atoms with Gasteiger partial charge >= 0.3 is 0 Å². The zero-order valence-corrected chi connectivity index (χ0v) is 20.2. The number of carbonyl (C=O) groups excluding carboxylic acids is 1. The lowest BCUT2D eigenvalue weighted by Crippen LogP contribution is -2.12. The molecule has 1 amide bonds. The average Bonchev–Trinajstić information content (AvgIpc) is 2.78. The molecule has 0 bridgehead atoms. The molecule has 1 aliphatic rings. The first-order valence-electron chi connectivity index (χ1n) is 10.6. The Morgan fingerprint density at radius 3 is 2.52 bits per heavy atom. The van der Waals surface area contributed by atoms with E-state index in [9.17, 15) is 4.79 Å². The fourth-order valence-electron chi connectivity index (χ4n) is 3.73. The van der Waals surface area contributed by atoms with Crippen molar-refractivity contribution in [3.8, 4) is 17.2 Å². The maximum atomic E-state index is 10.9. The third kappa shape index (κ3) is 7.12. The summed E-state index contributed by atoms with van der Waals surface area (Å²) in [6.07, 6.45) is 8.21. The molecule has 1 fully saturated rings. The van der Waals surface area contributed by atoms with Gasteiger partial charge in [0.1, 0.15) is 19.0 Å². The average molecular weight is 536 g/mol. The van der Waals surface area contributed by atoms with Gasteiger partial charge in [0.05, 0.1) is 16.9 Å². The number of hydrazone groups is 1. The maximum Gasteiger partial charge on any atom is 0.236 e. The quantitative estimate of drug-likeness (QED) is 0.205. The lowest BCUT2D eigenvalue weighted by atomic mass is 9.84. The summed E-state index contributed by atoms with van der Waals surface area (Å²) in [5, 5.41) is 3.89. The molecule has 1 aliphatic carbocycles. The Labute approximate surface area is 197 Å². The van der Waals surface area contributed by atoms with Crippen LogP contribution in [0.25, 0.3) is 0 Å². The van der Waals surface area contributed by atoms with E-state index < -0.39 is 0 Å². The smallest absolute Gasteiger partial charge is 0.236 e. The van der Waals surface area contributed by atoms with Crippen LogP contribution in [0.5, 0.6) is 17.2 Å². The highest BCUT2D eigenvalue weighted by Crippen LogP contribution is 2.34. The normalized spacial score (nSPS) is 14.4. The largest absolute Gasteiger partial charge is 0.493 e. The van der Waals surface area contributed by atoms with Gasteiger partial charge in [-0.2, -0.15) is 5.10 Å². The second kappa shape index (κ2) is 11.9. The van der Waals surface area contributed by atoms with Crippen LogP contribution in [-0.2, 0) is 4.79 Å². The summed E-state index contributed by atoms with van der Waals surface area (Å²) in [6.45, 7) is 2.25. The minimum absolute atomic E-state index is 0.221. The molecule has 0 atom stereocenters. The molecule has 0 saturated heterocycles. The van der Waals surface area contributed by atoms with Gasteiger partial charge in [-0.15, -0.1) is 0 Å². The first kappa shape index (κ1) is 23.4. The molecule has 166 valence electrons. The van der Waals surface area contributed by atoms with E-state index in [1.165, 1.54) is 44.6 Å². The SMILES string of the molecule is COc1cc(/C=N\NC(C)=O)cc(I)c1OCCOc1ccc(C2CCCCC2)cc1. The zero-order chi connectivity index (χ0) is 22.1. The van der Waals surface area contributed by atoms with Gasteiger partial charge in [0, 0.05) is 6.92 Å². The van der Waals surface area contributed by atoms with E-state index >= 15 is 0 Å². The second-order valence-electron chi connectivity index (χ2n) is 7.56. The molecule has 6 nitrogen and oxygen atoms in total. The summed E-state index contributed by atoms with van der Waals surface area (Å²) in [4.78, 5) is 10.9. The van der Waals surface area contributed by atoms with E-state index in [-0.39, 0.29) is 5.91 Å². The number of benzene rings is 2. The number of ether oxygens (including phenoxy) is 3. The summed E-state index contributed by atoms with van der Waals surface area (Å²) in [7, 11) is 1.59. The summed E-state index contributed by atoms with van der Waals surface area (Å²) < 4.78 is 18.1. The van der Waals surface area contributed by atoms with Crippen LogP contribution in [0, 0.1) is 3.57 Å². The van der Waals surface area contributed by atoms with Gasteiger partial charge in [-0.1, -0.05) is 31.4 Å². The molecule has 7 heteroatoms. The molecule has 2 aromatic carbocycles. The summed E-state index contributed by atoms with van der Waals surface area (Å²) in [5.41, 5.74) is 4.61. The van der Waals surface area contributed by atoms with E-state index in [2.05, 4.69) is 57.4 Å². The minimum Gasteiger partial charge on any atom is -0.493 e. The Morgan fingerprint density at radius 2 is 1.84 bits per heavy atom. The van der Waals surface area contributed by atoms with Crippen molar-refractivity contribution in [2.75, 3.05) is 20.3 Å². The topological polar surface area (TPSA) is 69.2 Å². The standard InChI is InChI=1S/C24H29IN2O4/c1-17(28)27-26-16-18-14-22(25)24(23(15-18)29-2)31-13-12-30-21-10-8-20(9-11-21)19-6-4-3-5-7-19/h8-11,14-16,19H,3-7,12-13H2,1-2H3,(H,27,28)/b26-16-. The number of nitrogens with zero attached hydrogens (tertiary/aromatic N) is 1. The molecular weight excluding hydrogens is 507 g/mol. The van der Waals surface area contributed by atoms with Gasteiger partial charge in [0.25, 0.3) is 0 Å². The van der Waals surface area contributed by atoms with Crippen molar-refractivity contribution >= 4 is 34.7 Å². The van der Waals surface area contributed by atoms with Gasteiger partial charge in [-0.05, 0) is 76.7 Å². The van der Waals surface area contributed by atoms with Crippen molar-refractivity contribution in [1.82, 2.24) is 5.43 Å². The van der Waals surface area contributed by atoms with Crippen molar-refractivity contribution in [1.29, 1.82) is 0 Å². The van der Waals surface area contributed by atoms with Crippen LogP contribution in [0.1, 0.15) is 56.1 Å². The Balaban J connectivity index is 1.51. The first-order chi connectivity index (χ1) is 15.1. The summed E-state index contributed by atoms with van der Waals surface area (Å²) in [5.74, 6) is 2.60. The summed E-state index contributed by atoms with van der Waals surface area (Å²) in [6, 6.07) is 12.2. The van der Waals surface area contributed by atoms with Crippen LogP contribution in [0.3, 0.4) is 0 Å². The Morgan fingerprint density at radius 1 is 1.13 bits per heavy atom. The predicted octanol–water partition coefficient (Wildman–Crippen LogP) is 5.28. The van der Waals surface area contributed by atoms with E-state index in [1.54, 1.807) is 13.3 Å². The number of nitrogens with one attached hydrogen (secondary N) is 1. The zero-order valence-electron chi connectivity index (χ0n) is 18.0. The number of rotatable bonds is 9. The van der Waals surface area contributed by atoms with E-state index in [0.717, 1.165) is 14.9 Å². The monoisotopic (exact) mass is 536 g/mol. The molecule has 0 spiro atoms. The molecular formula is C24H29IN2O4. The minimum atomic E-state index is -0.221. The van der Waals surface area contributed by atoms with Crippen molar-refractivity contribution < 1.29 is 19.0 Å². The molecule has 2 aromatic rings. The van der Waals surface area contributed by atoms with Gasteiger partial charge in [0.15, 0.2) is 11.5 Å². The molecule has 1 N–H and O–H groups in total. The van der Waals surface area contributed by atoms with E-state index in [1.807, 2.05) is 12.1 Å². The van der Waals surface area contributed by atoms with Crippen LogP contribution in [0.2, 0.25) is 0 Å².